The van der Waals surface area contributed by atoms with Crippen molar-refractivity contribution in [2.75, 3.05) is 6.61 Å². The summed E-state index contributed by atoms with van der Waals surface area (Å²) in [6.45, 7) is 0.166. The Morgan fingerprint density at radius 2 is 1.42 bits per heavy atom. The molecule has 98 valence electrons. The highest BCUT2D eigenvalue weighted by Gasteiger charge is 2.21. The molecule has 0 aliphatic heterocycles. The van der Waals surface area contributed by atoms with Crippen LogP contribution < -0.4 is 17.2 Å². The summed E-state index contributed by atoms with van der Waals surface area (Å²) in [6.07, 6.45) is 19.7. The molecule has 0 saturated carbocycles. The van der Waals surface area contributed by atoms with E-state index >= 15 is 0 Å². The fourth-order valence-corrected chi connectivity index (χ4v) is 1.78. The van der Waals surface area contributed by atoms with E-state index in [2.05, 4.69) is 5.92 Å². The van der Waals surface area contributed by atoms with E-state index in [1.807, 2.05) is 24.3 Å². The molecule has 2 rings (SSSR count). The number of rotatable bonds is 2. The molecule has 0 aromatic rings. The second-order valence-electron chi connectivity index (χ2n) is 4.59. The number of ether oxygens (including phenoxy) is 1. The minimum Gasteiger partial charge on any atom is -0.341 e. The van der Waals surface area contributed by atoms with Crippen LogP contribution in [0, 0.1) is 12.3 Å². The highest BCUT2D eigenvalue weighted by molar-refractivity contribution is 5.52. The van der Waals surface area contributed by atoms with Crippen molar-refractivity contribution in [2.24, 2.45) is 17.2 Å². The Hall–Kier alpha value is -1.90. The maximum absolute atomic E-state index is 5.99. The molecule has 19 heavy (non-hydrogen) atoms. The third-order valence-electron chi connectivity index (χ3n) is 2.89. The maximum atomic E-state index is 5.99. The van der Waals surface area contributed by atoms with Crippen LogP contribution in [0.3, 0.4) is 0 Å². The molecule has 0 fully saturated rings. The first-order valence-electron chi connectivity index (χ1n) is 5.89. The minimum atomic E-state index is -0.940. The van der Waals surface area contributed by atoms with E-state index in [9.17, 15) is 0 Å². The molecule has 4 heteroatoms. The second-order valence-corrected chi connectivity index (χ2v) is 4.59. The standard InChI is InChI=1S/C15H17N3O/c1-2-11-19-15(18)9-5-13(6-10-15)12-3-7-14(16,17)8-4-12/h1,3-10H,11,16-18H2. The van der Waals surface area contributed by atoms with E-state index in [0.717, 1.165) is 11.1 Å². The van der Waals surface area contributed by atoms with E-state index < -0.39 is 11.4 Å². The zero-order valence-electron chi connectivity index (χ0n) is 10.5. The van der Waals surface area contributed by atoms with E-state index in [1.54, 1.807) is 24.3 Å². The monoisotopic (exact) mass is 255 g/mol. The minimum absolute atomic E-state index is 0.166. The summed E-state index contributed by atoms with van der Waals surface area (Å²) < 4.78 is 5.36. The average Bonchev–Trinajstić information content (AvgIpc) is 2.38. The van der Waals surface area contributed by atoms with Crippen LogP contribution in [0.5, 0.6) is 0 Å². The molecule has 0 aromatic carbocycles. The summed E-state index contributed by atoms with van der Waals surface area (Å²) in [5, 5.41) is 0. The van der Waals surface area contributed by atoms with Crippen molar-refractivity contribution >= 4 is 0 Å². The quantitative estimate of drug-likeness (QED) is 0.494. The summed E-state index contributed by atoms with van der Waals surface area (Å²) >= 11 is 0. The van der Waals surface area contributed by atoms with Crippen LogP contribution in [0.2, 0.25) is 0 Å². The largest absolute Gasteiger partial charge is 0.341 e. The Morgan fingerprint density at radius 1 is 0.947 bits per heavy atom. The maximum Gasteiger partial charge on any atom is 0.157 e. The van der Waals surface area contributed by atoms with Gasteiger partial charge in [0.2, 0.25) is 0 Å². The van der Waals surface area contributed by atoms with Crippen molar-refractivity contribution in [3.8, 4) is 12.3 Å². The molecule has 4 nitrogen and oxygen atoms in total. The van der Waals surface area contributed by atoms with Gasteiger partial charge in [0.25, 0.3) is 0 Å². The summed E-state index contributed by atoms with van der Waals surface area (Å²) in [5.41, 5.74) is 17.7. The highest BCUT2D eigenvalue weighted by Crippen LogP contribution is 2.23. The molecule has 2 aliphatic rings. The predicted octanol–water partition coefficient (Wildman–Crippen LogP) is 0.454. The number of allylic oxidation sites excluding steroid dienone is 6. The summed E-state index contributed by atoms with van der Waals surface area (Å²) in [5.74, 6) is 2.39. The summed E-state index contributed by atoms with van der Waals surface area (Å²) in [7, 11) is 0. The molecule has 0 aromatic heterocycles. The Kier molecular flexibility index (Phi) is 3.56. The van der Waals surface area contributed by atoms with Gasteiger partial charge < -0.3 is 16.2 Å². The first-order chi connectivity index (χ1) is 8.94. The van der Waals surface area contributed by atoms with Gasteiger partial charge in [-0.3, -0.25) is 5.73 Å². The molecule has 0 bridgehead atoms. The van der Waals surface area contributed by atoms with Crippen LogP contribution in [0.1, 0.15) is 0 Å². The Morgan fingerprint density at radius 3 is 1.89 bits per heavy atom. The average molecular weight is 255 g/mol. The number of nitrogens with two attached hydrogens (primary N) is 3. The second kappa shape index (κ2) is 5.00. The Labute approximate surface area is 113 Å². The third-order valence-corrected chi connectivity index (χ3v) is 2.89. The van der Waals surface area contributed by atoms with Crippen molar-refractivity contribution in [1.82, 2.24) is 0 Å². The van der Waals surface area contributed by atoms with Crippen molar-refractivity contribution in [2.45, 2.75) is 11.4 Å². The smallest absolute Gasteiger partial charge is 0.157 e. The topological polar surface area (TPSA) is 87.3 Å². The van der Waals surface area contributed by atoms with Crippen LogP contribution in [-0.2, 0) is 4.74 Å². The van der Waals surface area contributed by atoms with Crippen molar-refractivity contribution in [3.05, 3.63) is 59.8 Å². The van der Waals surface area contributed by atoms with Crippen molar-refractivity contribution in [1.29, 1.82) is 0 Å². The number of hydrogen-bond acceptors (Lipinski definition) is 4. The number of terminal acetylenes is 1. The molecule has 2 aliphatic carbocycles. The molecule has 0 spiro atoms. The normalized spacial score (nSPS) is 27.7. The van der Waals surface area contributed by atoms with Gasteiger partial charge >= 0.3 is 0 Å². The third kappa shape index (κ3) is 3.31. The van der Waals surface area contributed by atoms with E-state index in [0.29, 0.717) is 0 Å². The SMILES string of the molecule is C#CCOC1(N)C=CC(=C2C=CC(N)(N)C=C2)C=C1. The van der Waals surface area contributed by atoms with E-state index in [4.69, 9.17) is 28.4 Å². The Bertz CT molecular complexity index is 522. The van der Waals surface area contributed by atoms with E-state index in [1.165, 1.54) is 0 Å². The van der Waals surface area contributed by atoms with Gasteiger partial charge in [-0.2, -0.15) is 0 Å². The lowest BCUT2D eigenvalue weighted by molar-refractivity contribution is 0.0554. The molecule has 0 radical (unpaired) electrons. The molecule has 0 unspecified atom stereocenters. The molecule has 0 atom stereocenters. The fraction of sp³-hybridized carbons (Fsp3) is 0.200. The van der Waals surface area contributed by atoms with Gasteiger partial charge in [0.05, 0.1) is 0 Å². The molecular weight excluding hydrogens is 238 g/mol. The van der Waals surface area contributed by atoms with Crippen molar-refractivity contribution in [3.63, 3.8) is 0 Å². The molecule has 0 heterocycles. The lowest BCUT2D eigenvalue weighted by Gasteiger charge is -2.25. The van der Waals surface area contributed by atoms with Crippen LogP contribution in [0.4, 0.5) is 0 Å². The molecule has 0 saturated heterocycles. The van der Waals surface area contributed by atoms with Crippen molar-refractivity contribution < 1.29 is 4.74 Å². The zero-order valence-corrected chi connectivity index (χ0v) is 10.5. The number of hydrogen-bond donors (Lipinski definition) is 3. The predicted molar refractivity (Wildman–Crippen MR) is 76.4 cm³/mol. The van der Waals surface area contributed by atoms with Crippen LogP contribution >= 0.6 is 0 Å². The lowest BCUT2D eigenvalue weighted by atomic mass is 9.94. The fourth-order valence-electron chi connectivity index (χ4n) is 1.78. The van der Waals surface area contributed by atoms with Crippen LogP contribution in [-0.4, -0.2) is 18.0 Å². The van der Waals surface area contributed by atoms with Gasteiger partial charge in [0, 0.05) is 0 Å². The van der Waals surface area contributed by atoms with Gasteiger partial charge in [-0.1, -0.05) is 30.2 Å². The summed E-state index contributed by atoms with van der Waals surface area (Å²) in [6, 6.07) is 0. The summed E-state index contributed by atoms with van der Waals surface area (Å²) in [4.78, 5) is 0. The van der Waals surface area contributed by atoms with E-state index in [-0.39, 0.29) is 6.61 Å². The highest BCUT2D eigenvalue weighted by atomic mass is 16.5. The van der Waals surface area contributed by atoms with Gasteiger partial charge in [0.1, 0.15) is 12.3 Å². The molecule has 0 amide bonds. The van der Waals surface area contributed by atoms with Gasteiger partial charge in [0.15, 0.2) is 5.72 Å². The van der Waals surface area contributed by atoms with Crippen LogP contribution in [0.25, 0.3) is 0 Å². The van der Waals surface area contributed by atoms with Gasteiger partial charge in [-0.05, 0) is 35.5 Å². The van der Waals surface area contributed by atoms with Gasteiger partial charge in [-0.15, -0.1) is 6.42 Å². The lowest BCUT2D eigenvalue weighted by Crippen LogP contribution is -2.46. The Balaban J connectivity index is 2.16. The van der Waals surface area contributed by atoms with Gasteiger partial charge in [-0.25, -0.2) is 0 Å². The zero-order chi connectivity index (χ0) is 13.9. The molecular formula is C15H17N3O. The molecule has 6 N–H and O–H groups in total. The first-order valence-corrected chi connectivity index (χ1v) is 5.89. The van der Waals surface area contributed by atoms with Crippen LogP contribution in [0.15, 0.2) is 59.8 Å². The first kappa shape index (κ1) is 13.5.